The van der Waals surface area contributed by atoms with Gasteiger partial charge in [-0.25, -0.2) is 8.42 Å². The van der Waals surface area contributed by atoms with Gasteiger partial charge in [-0.15, -0.1) is 0 Å². The summed E-state index contributed by atoms with van der Waals surface area (Å²) in [6.45, 7) is 7.84. The molecule has 0 spiro atoms. The van der Waals surface area contributed by atoms with E-state index in [-0.39, 0.29) is 10.8 Å². The van der Waals surface area contributed by atoms with E-state index in [0.717, 1.165) is 30.6 Å². The van der Waals surface area contributed by atoms with Gasteiger partial charge in [-0.3, -0.25) is 4.79 Å². The van der Waals surface area contributed by atoms with Gasteiger partial charge in [-0.2, -0.15) is 4.31 Å². The number of hydrogen-bond donors (Lipinski definition) is 1. The molecule has 1 saturated heterocycles. The fourth-order valence-corrected chi connectivity index (χ4v) is 4.90. The predicted molar refractivity (Wildman–Crippen MR) is 119 cm³/mol. The Balaban J connectivity index is 1.68. The van der Waals surface area contributed by atoms with Gasteiger partial charge in [-0.05, 0) is 80.1 Å². The van der Waals surface area contributed by atoms with Crippen LogP contribution in [-0.4, -0.2) is 38.3 Å². The highest BCUT2D eigenvalue weighted by atomic mass is 32.2. The molecule has 162 valence electrons. The van der Waals surface area contributed by atoms with Crippen LogP contribution < -0.4 is 10.1 Å². The van der Waals surface area contributed by atoms with Gasteiger partial charge >= 0.3 is 0 Å². The number of carbonyl (C=O) groups is 1. The number of rotatable bonds is 7. The summed E-state index contributed by atoms with van der Waals surface area (Å²) in [5, 5.41) is 2.88. The number of nitrogens with one attached hydrogen (secondary N) is 1. The van der Waals surface area contributed by atoms with Crippen molar-refractivity contribution in [1.82, 2.24) is 4.31 Å². The van der Waals surface area contributed by atoms with E-state index < -0.39 is 10.0 Å². The average Bonchev–Trinajstić information content (AvgIpc) is 2.74. The van der Waals surface area contributed by atoms with E-state index in [1.165, 1.54) is 16.4 Å². The van der Waals surface area contributed by atoms with Gasteiger partial charge in [0.15, 0.2) is 0 Å². The fourth-order valence-electron chi connectivity index (χ4n) is 3.43. The lowest BCUT2D eigenvalue weighted by atomic mass is 10.0. The van der Waals surface area contributed by atoms with E-state index in [1.807, 2.05) is 32.0 Å². The van der Waals surface area contributed by atoms with Gasteiger partial charge < -0.3 is 10.1 Å². The Morgan fingerprint density at radius 3 is 2.40 bits per heavy atom. The summed E-state index contributed by atoms with van der Waals surface area (Å²) in [5.41, 5.74) is 2.00. The maximum atomic E-state index is 12.8. The maximum Gasteiger partial charge on any atom is 0.255 e. The monoisotopic (exact) mass is 430 g/mol. The van der Waals surface area contributed by atoms with E-state index in [9.17, 15) is 13.2 Å². The van der Waals surface area contributed by atoms with Crippen molar-refractivity contribution >= 4 is 21.6 Å². The molecular weight excluding hydrogens is 400 g/mol. The van der Waals surface area contributed by atoms with Crippen LogP contribution in [0.25, 0.3) is 0 Å². The first kappa shape index (κ1) is 22.3. The summed E-state index contributed by atoms with van der Waals surface area (Å²) in [4.78, 5) is 12.8. The lowest BCUT2D eigenvalue weighted by Gasteiger charge is -2.29. The second kappa shape index (κ2) is 9.62. The van der Waals surface area contributed by atoms with Gasteiger partial charge in [-0.1, -0.05) is 13.8 Å². The van der Waals surface area contributed by atoms with Crippen LogP contribution in [0.5, 0.6) is 5.75 Å². The summed E-state index contributed by atoms with van der Waals surface area (Å²) in [6, 6.07) is 11.7. The number of hydrogen-bond acceptors (Lipinski definition) is 4. The van der Waals surface area contributed by atoms with Crippen molar-refractivity contribution in [2.45, 2.75) is 44.9 Å². The van der Waals surface area contributed by atoms with Crippen LogP contribution in [-0.2, 0) is 10.0 Å². The molecule has 3 rings (SSSR count). The largest absolute Gasteiger partial charge is 0.494 e. The molecule has 1 amide bonds. The maximum absolute atomic E-state index is 12.8. The highest BCUT2D eigenvalue weighted by molar-refractivity contribution is 7.89. The molecular formula is C23H30N2O4S. The van der Waals surface area contributed by atoms with Gasteiger partial charge in [0, 0.05) is 24.3 Å². The highest BCUT2D eigenvalue weighted by Crippen LogP contribution is 2.25. The number of benzene rings is 2. The lowest BCUT2D eigenvalue weighted by molar-refractivity contribution is 0.102. The molecule has 0 atom stereocenters. The van der Waals surface area contributed by atoms with Crippen molar-refractivity contribution in [3.63, 3.8) is 0 Å². The van der Waals surface area contributed by atoms with Crippen LogP contribution in [0.3, 0.4) is 0 Å². The van der Waals surface area contributed by atoms with Crippen LogP contribution in [0, 0.1) is 12.8 Å². The van der Waals surface area contributed by atoms with Crippen LogP contribution in [0.2, 0.25) is 0 Å². The van der Waals surface area contributed by atoms with Crippen molar-refractivity contribution in [3.05, 3.63) is 53.6 Å². The second-order valence-electron chi connectivity index (χ2n) is 7.89. The number of carbonyl (C=O) groups excluding carboxylic acids is 1. The van der Waals surface area contributed by atoms with Crippen molar-refractivity contribution in [3.8, 4) is 5.75 Å². The van der Waals surface area contributed by atoms with Crippen LogP contribution >= 0.6 is 0 Å². The quantitative estimate of drug-likeness (QED) is 0.704. The molecule has 1 aliphatic rings. The number of aryl methyl sites for hydroxylation is 1. The van der Waals surface area contributed by atoms with Crippen LogP contribution in [0.15, 0.2) is 47.4 Å². The van der Waals surface area contributed by atoms with E-state index in [1.54, 1.807) is 12.1 Å². The molecule has 0 unspecified atom stereocenters. The van der Waals surface area contributed by atoms with Crippen molar-refractivity contribution in [2.24, 2.45) is 5.92 Å². The molecule has 1 aliphatic heterocycles. The Bertz CT molecular complexity index is 979. The summed E-state index contributed by atoms with van der Waals surface area (Å²) in [5.74, 6) is 1.04. The van der Waals surface area contributed by atoms with Crippen molar-refractivity contribution in [1.29, 1.82) is 0 Å². The zero-order valence-electron chi connectivity index (χ0n) is 17.8. The molecule has 1 N–H and O–H groups in total. The number of amides is 1. The molecule has 30 heavy (non-hydrogen) atoms. The molecule has 1 heterocycles. The smallest absolute Gasteiger partial charge is 0.255 e. The molecule has 2 aromatic rings. The van der Waals surface area contributed by atoms with E-state index in [4.69, 9.17) is 4.74 Å². The fraction of sp³-hybridized carbons (Fsp3) is 0.435. The third kappa shape index (κ3) is 5.21. The number of nitrogens with zero attached hydrogens (tertiary/aromatic N) is 1. The summed E-state index contributed by atoms with van der Waals surface area (Å²) in [7, 11) is -3.52. The van der Waals surface area contributed by atoms with Crippen molar-refractivity contribution < 1.29 is 17.9 Å². The minimum Gasteiger partial charge on any atom is -0.494 e. The third-order valence-electron chi connectivity index (χ3n) is 5.42. The van der Waals surface area contributed by atoms with Crippen LogP contribution in [0.4, 0.5) is 5.69 Å². The SMILES string of the molecule is CCCOc1ccc(NC(=O)c2ccc(S(=O)(=O)N3CCC(C)CC3)cc2)c(C)c1. The Labute approximate surface area is 179 Å². The predicted octanol–water partition coefficient (Wildman–Crippen LogP) is 4.46. The summed E-state index contributed by atoms with van der Waals surface area (Å²) >= 11 is 0. The number of sulfonamides is 1. The summed E-state index contributed by atoms with van der Waals surface area (Å²) < 4.78 is 32.8. The molecule has 0 saturated carbocycles. The van der Waals surface area contributed by atoms with E-state index >= 15 is 0 Å². The third-order valence-corrected chi connectivity index (χ3v) is 7.33. The Kier molecular flexibility index (Phi) is 7.15. The lowest BCUT2D eigenvalue weighted by Crippen LogP contribution is -2.37. The zero-order chi connectivity index (χ0) is 21.7. The first-order valence-electron chi connectivity index (χ1n) is 10.5. The van der Waals surface area contributed by atoms with Gasteiger partial charge in [0.2, 0.25) is 10.0 Å². The van der Waals surface area contributed by atoms with E-state index in [2.05, 4.69) is 12.2 Å². The number of piperidine rings is 1. The minimum absolute atomic E-state index is 0.224. The number of anilines is 1. The second-order valence-corrected chi connectivity index (χ2v) is 9.83. The van der Waals surface area contributed by atoms with Gasteiger partial charge in [0.05, 0.1) is 11.5 Å². The topological polar surface area (TPSA) is 75.7 Å². The molecule has 7 heteroatoms. The molecule has 6 nitrogen and oxygen atoms in total. The summed E-state index contributed by atoms with van der Waals surface area (Å²) in [6.07, 6.45) is 2.68. The molecule has 0 aliphatic carbocycles. The molecule has 1 fully saturated rings. The number of ether oxygens (including phenoxy) is 1. The highest BCUT2D eigenvalue weighted by Gasteiger charge is 2.28. The molecule has 0 aromatic heterocycles. The Morgan fingerprint density at radius 2 is 1.80 bits per heavy atom. The Morgan fingerprint density at radius 1 is 1.13 bits per heavy atom. The van der Waals surface area contributed by atoms with E-state index in [0.29, 0.717) is 36.9 Å². The molecule has 2 aromatic carbocycles. The average molecular weight is 431 g/mol. The van der Waals surface area contributed by atoms with Crippen LogP contribution in [0.1, 0.15) is 49.0 Å². The zero-order valence-corrected chi connectivity index (χ0v) is 18.7. The van der Waals surface area contributed by atoms with Gasteiger partial charge in [0.25, 0.3) is 5.91 Å². The first-order chi connectivity index (χ1) is 14.3. The molecule has 0 radical (unpaired) electrons. The van der Waals surface area contributed by atoms with Crippen molar-refractivity contribution in [2.75, 3.05) is 25.0 Å². The first-order valence-corrected chi connectivity index (χ1v) is 11.9. The van der Waals surface area contributed by atoms with Gasteiger partial charge in [0.1, 0.15) is 5.75 Å². The standard InChI is InChI=1S/C23H30N2O4S/c1-4-15-29-20-7-10-22(18(3)16-20)24-23(26)19-5-8-21(9-6-19)30(27,28)25-13-11-17(2)12-14-25/h5-10,16-17H,4,11-15H2,1-3H3,(H,24,26). The normalized spacial score (nSPS) is 15.7. The molecule has 0 bridgehead atoms. The minimum atomic E-state index is -3.52. The Hall–Kier alpha value is -2.38.